The van der Waals surface area contributed by atoms with Gasteiger partial charge in [0, 0.05) is 31.6 Å². The standard InChI is InChI=1S/C22H24N4O3.ClH/c1-2-18(27)22(29)26-13-11-25(12-14-26)21-15-7-3-5-9-17(15)23-20(24-21)16-8-4-6-10-19(16)28;/h3-10,18,27-28H,2,11-14H2,1H3;1H/t18-;/m1./s1. The fourth-order valence-corrected chi connectivity index (χ4v) is 3.61. The fourth-order valence-electron chi connectivity index (χ4n) is 3.61. The average Bonchev–Trinajstić information content (AvgIpc) is 2.77. The maximum atomic E-state index is 12.3. The molecule has 0 aliphatic carbocycles. The van der Waals surface area contributed by atoms with Crippen molar-refractivity contribution in [1.82, 2.24) is 14.9 Å². The molecular formula is C22H25ClN4O3. The summed E-state index contributed by atoms with van der Waals surface area (Å²) in [4.78, 5) is 25.5. The lowest BCUT2D eigenvalue weighted by Gasteiger charge is -2.36. The molecule has 1 amide bonds. The van der Waals surface area contributed by atoms with Crippen LogP contribution in [0.15, 0.2) is 48.5 Å². The second kappa shape index (κ2) is 9.28. The Kier molecular flexibility index (Phi) is 6.74. The number of para-hydroxylation sites is 2. The van der Waals surface area contributed by atoms with E-state index in [0.717, 1.165) is 16.7 Å². The summed E-state index contributed by atoms with van der Waals surface area (Å²) in [7, 11) is 0. The second-order valence-electron chi connectivity index (χ2n) is 7.14. The lowest BCUT2D eigenvalue weighted by Crippen LogP contribution is -2.51. The van der Waals surface area contributed by atoms with Crippen molar-refractivity contribution in [3.8, 4) is 17.1 Å². The molecule has 0 bridgehead atoms. The van der Waals surface area contributed by atoms with Crippen LogP contribution >= 0.6 is 12.4 Å². The van der Waals surface area contributed by atoms with Gasteiger partial charge in [0.1, 0.15) is 17.7 Å². The molecule has 158 valence electrons. The molecule has 1 aliphatic heterocycles. The molecule has 2 N–H and O–H groups in total. The minimum atomic E-state index is -0.936. The Labute approximate surface area is 181 Å². The van der Waals surface area contributed by atoms with Gasteiger partial charge < -0.3 is 20.0 Å². The molecule has 3 aromatic rings. The minimum absolute atomic E-state index is 0. The third-order valence-electron chi connectivity index (χ3n) is 5.29. The molecule has 30 heavy (non-hydrogen) atoms. The number of aromatic nitrogens is 2. The number of hydrogen-bond donors (Lipinski definition) is 2. The van der Waals surface area contributed by atoms with Gasteiger partial charge in [-0.15, -0.1) is 12.4 Å². The number of fused-ring (bicyclic) bond motifs is 1. The van der Waals surface area contributed by atoms with E-state index in [1.165, 1.54) is 0 Å². The van der Waals surface area contributed by atoms with E-state index in [0.29, 0.717) is 44.0 Å². The van der Waals surface area contributed by atoms with Crippen LogP contribution < -0.4 is 4.90 Å². The number of aliphatic hydroxyl groups excluding tert-OH is 1. The molecule has 1 atom stereocenters. The lowest BCUT2D eigenvalue weighted by atomic mass is 10.1. The highest BCUT2D eigenvalue weighted by molar-refractivity contribution is 5.91. The number of aliphatic hydroxyl groups is 1. The van der Waals surface area contributed by atoms with Gasteiger partial charge in [-0.05, 0) is 30.7 Å². The van der Waals surface area contributed by atoms with Crippen LogP contribution in [0.25, 0.3) is 22.3 Å². The largest absolute Gasteiger partial charge is 0.507 e. The van der Waals surface area contributed by atoms with Crippen molar-refractivity contribution in [3.63, 3.8) is 0 Å². The number of hydrogen-bond acceptors (Lipinski definition) is 6. The molecule has 2 heterocycles. The Hall–Kier alpha value is -2.90. The van der Waals surface area contributed by atoms with Crippen LogP contribution in [0.4, 0.5) is 5.82 Å². The first kappa shape index (κ1) is 21.8. The Balaban J connectivity index is 0.00000256. The minimum Gasteiger partial charge on any atom is -0.507 e. The number of aromatic hydroxyl groups is 1. The highest BCUT2D eigenvalue weighted by Gasteiger charge is 2.27. The van der Waals surface area contributed by atoms with Gasteiger partial charge in [-0.3, -0.25) is 4.79 Å². The molecule has 1 aliphatic rings. The van der Waals surface area contributed by atoms with Crippen molar-refractivity contribution in [2.75, 3.05) is 31.1 Å². The number of benzene rings is 2. The molecule has 0 unspecified atom stereocenters. The summed E-state index contributed by atoms with van der Waals surface area (Å²) in [5.74, 6) is 1.18. The maximum Gasteiger partial charge on any atom is 0.251 e. The first-order valence-electron chi connectivity index (χ1n) is 9.85. The molecule has 8 heteroatoms. The van der Waals surface area contributed by atoms with Crippen LogP contribution in [-0.2, 0) is 4.79 Å². The molecule has 0 saturated carbocycles. The van der Waals surface area contributed by atoms with Gasteiger partial charge in [0.2, 0.25) is 0 Å². The van der Waals surface area contributed by atoms with E-state index in [9.17, 15) is 15.0 Å². The summed E-state index contributed by atoms with van der Waals surface area (Å²) in [6.45, 7) is 4.08. The van der Waals surface area contributed by atoms with Crippen LogP contribution in [-0.4, -0.2) is 63.3 Å². The molecule has 1 fully saturated rings. The number of anilines is 1. The Morgan fingerprint density at radius 1 is 1.03 bits per heavy atom. The summed E-state index contributed by atoms with van der Waals surface area (Å²) >= 11 is 0. The van der Waals surface area contributed by atoms with E-state index in [4.69, 9.17) is 4.98 Å². The number of carbonyl (C=O) groups excluding carboxylic acids is 1. The third-order valence-corrected chi connectivity index (χ3v) is 5.29. The predicted octanol–water partition coefficient (Wildman–Crippen LogP) is 2.84. The first-order valence-corrected chi connectivity index (χ1v) is 9.85. The zero-order valence-electron chi connectivity index (χ0n) is 16.7. The second-order valence-corrected chi connectivity index (χ2v) is 7.14. The summed E-state index contributed by atoms with van der Waals surface area (Å²) in [5, 5.41) is 21.0. The Morgan fingerprint density at radius 2 is 1.70 bits per heavy atom. The normalized spacial score (nSPS) is 15.0. The number of nitrogens with zero attached hydrogens (tertiary/aromatic N) is 4. The van der Waals surface area contributed by atoms with E-state index < -0.39 is 6.10 Å². The van der Waals surface area contributed by atoms with E-state index in [1.54, 1.807) is 30.0 Å². The number of halogens is 1. The van der Waals surface area contributed by atoms with Gasteiger partial charge in [0.05, 0.1) is 11.1 Å². The zero-order valence-corrected chi connectivity index (χ0v) is 17.5. The number of phenolic OH excluding ortho intramolecular Hbond substituents is 1. The van der Waals surface area contributed by atoms with Gasteiger partial charge in [0.15, 0.2) is 5.82 Å². The Bertz CT molecular complexity index is 1040. The maximum absolute atomic E-state index is 12.3. The summed E-state index contributed by atoms with van der Waals surface area (Å²) in [6.07, 6.45) is -0.520. The molecule has 1 aromatic heterocycles. The van der Waals surface area contributed by atoms with E-state index >= 15 is 0 Å². The van der Waals surface area contributed by atoms with Gasteiger partial charge >= 0.3 is 0 Å². The summed E-state index contributed by atoms with van der Waals surface area (Å²) < 4.78 is 0. The number of carbonyl (C=O) groups is 1. The van der Waals surface area contributed by atoms with Crippen LogP contribution in [0.3, 0.4) is 0 Å². The third kappa shape index (κ3) is 4.17. The molecule has 4 rings (SSSR count). The van der Waals surface area contributed by atoms with Gasteiger partial charge in [0.25, 0.3) is 5.91 Å². The predicted molar refractivity (Wildman–Crippen MR) is 119 cm³/mol. The average molecular weight is 429 g/mol. The topological polar surface area (TPSA) is 89.8 Å². The zero-order chi connectivity index (χ0) is 20.4. The van der Waals surface area contributed by atoms with E-state index in [-0.39, 0.29) is 24.1 Å². The van der Waals surface area contributed by atoms with Crippen LogP contribution in [0.1, 0.15) is 13.3 Å². The SMILES string of the molecule is CC[C@@H](O)C(=O)N1CCN(c2nc(-c3ccccc3O)nc3ccccc23)CC1.Cl. The number of rotatable bonds is 4. The van der Waals surface area contributed by atoms with Crippen molar-refractivity contribution in [3.05, 3.63) is 48.5 Å². The fraction of sp³-hybridized carbons (Fsp3) is 0.318. The molecule has 7 nitrogen and oxygen atoms in total. The van der Waals surface area contributed by atoms with Gasteiger partial charge in [-0.2, -0.15) is 0 Å². The van der Waals surface area contributed by atoms with E-state index in [2.05, 4.69) is 9.88 Å². The van der Waals surface area contributed by atoms with Crippen molar-refractivity contribution < 1.29 is 15.0 Å². The van der Waals surface area contributed by atoms with Crippen LogP contribution in [0, 0.1) is 0 Å². The monoisotopic (exact) mass is 428 g/mol. The van der Waals surface area contributed by atoms with Crippen molar-refractivity contribution in [2.24, 2.45) is 0 Å². The molecule has 0 spiro atoms. The molecular weight excluding hydrogens is 404 g/mol. The molecule has 1 saturated heterocycles. The molecule has 0 radical (unpaired) electrons. The van der Waals surface area contributed by atoms with Crippen molar-refractivity contribution in [2.45, 2.75) is 19.4 Å². The smallest absolute Gasteiger partial charge is 0.251 e. The number of phenols is 1. The van der Waals surface area contributed by atoms with Crippen molar-refractivity contribution >= 4 is 35.0 Å². The number of amides is 1. The van der Waals surface area contributed by atoms with Gasteiger partial charge in [-0.1, -0.05) is 31.2 Å². The van der Waals surface area contributed by atoms with Crippen LogP contribution in [0.2, 0.25) is 0 Å². The highest BCUT2D eigenvalue weighted by Crippen LogP contribution is 2.31. The molecule has 2 aromatic carbocycles. The van der Waals surface area contributed by atoms with Crippen molar-refractivity contribution in [1.29, 1.82) is 0 Å². The van der Waals surface area contributed by atoms with Gasteiger partial charge in [-0.25, -0.2) is 9.97 Å². The Morgan fingerprint density at radius 3 is 2.40 bits per heavy atom. The van der Waals surface area contributed by atoms with E-state index in [1.807, 2.05) is 30.3 Å². The van der Waals surface area contributed by atoms with Crippen LogP contribution in [0.5, 0.6) is 5.75 Å². The lowest BCUT2D eigenvalue weighted by molar-refractivity contribution is -0.140. The summed E-state index contributed by atoms with van der Waals surface area (Å²) in [5.41, 5.74) is 1.38. The number of piperazine rings is 1. The highest BCUT2D eigenvalue weighted by atomic mass is 35.5. The summed E-state index contributed by atoms with van der Waals surface area (Å²) in [6, 6.07) is 14.8. The first-order chi connectivity index (χ1) is 14.1. The quantitative estimate of drug-likeness (QED) is 0.664.